The summed E-state index contributed by atoms with van der Waals surface area (Å²) in [4.78, 5) is 4.45. The molecule has 2 aromatic rings. The van der Waals surface area contributed by atoms with Crippen LogP contribution in [0.1, 0.15) is 5.69 Å². The van der Waals surface area contributed by atoms with E-state index < -0.39 is 0 Å². The molecule has 0 amide bonds. The first-order chi connectivity index (χ1) is 7.72. The maximum Gasteiger partial charge on any atom is 0.0727 e. The van der Waals surface area contributed by atoms with Crippen molar-refractivity contribution in [2.75, 3.05) is 11.1 Å². The average molecular weight is 211 g/mol. The molecule has 16 heavy (non-hydrogen) atoms. The fourth-order valence-electron chi connectivity index (χ4n) is 1.82. The summed E-state index contributed by atoms with van der Waals surface area (Å²) < 4.78 is 0. The summed E-state index contributed by atoms with van der Waals surface area (Å²) in [5, 5.41) is 4.37. The third kappa shape index (κ3) is 1.60. The van der Waals surface area contributed by atoms with E-state index in [1.807, 2.05) is 25.1 Å². The quantitative estimate of drug-likeness (QED) is 0.750. The predicted molar refractivity (Wildman–Crippen MR) is 67.4 cm³/mol. The van der Waals surface area contributed by atoms with Gasteiger partial charge in [-0.15, -0.1) is 0 Å². The molecular weight excluding hydrogens is 198 g/mol. The van der Waals surface area contributed by atoms with E-state index in [-0.39, 0.29) is 0 Å². The SMILES string of the molecule is Cc1cc(N)c2cc(NC3C=C3)ccc2n1. The van der Waals surface area contributed by atoms with Crippen LogP contribution in [0.4, 0.5) is 11.4 Å². The van der Waals surface area contributed by atoms with Crippen molar-refractivity contribution in [2.45, 2.75) is 13.0 Å². The van der Waals surface area contributed by atoms with Crippen LogP contribution in [0.5, 0.6) is 0 Å². The smallest absolute Gasteiger partial charge is 0.0727 e. The van der Waals surface area contributed by atoms with Gasteiger partial charge < -0.3 is 11.1 Å². The van der Waals surface area contributed by atoms with Gasteiger partial charge in [0.25, 0.3) is 0 Å². The van der Waals surface area contributed by atoms with Gasteiger partial charge in [0.1, 0.15) is 0 Å². The Morgan fingerprint density at radius 2 is 2.06 bits per heavy atom. The summed E-state index contributed by atoms with van der Waals surface area (Å²) in [5.74, 6) is 0. The summed E-state index contributed by atoms with van der Waals surface area (Å²) in [6.07, 6.45) is 4.22. The highest BCUT2D eigenvalue weighted by Crippen LogP contribution is 2.25. The normalized spacial score (nSPS) is 14.3. The van der Waals surface area contributed by atoms with Crippen LogP contribution >= 0.6 is 0 Å². The van der Waals surface area contributed by atoms with Gasteiger partial charge in [0.2, 0.25) is 0 Å². The molecule has 0 saturated carbocycles. The maximum absolute atomic E-state index is 5.99. The lowest BCUT2D eigenvalue weighted by Gasteiger charge is -2.08. The Morgan fingerprint density at radius 3 is 2.81 bits per heavy atom. The monoisotopic (exact) mass is 211 g/mol. The highest BCUT2D eigenvalue weighted by molar-refractivity contribution is 5.92. The van der Waals surface area contributed by atoms with Crippen LogP contribution in [0.2, 0.25) is 0 Å². The second-order valence-corrected chi connectivity index (χ2v) is 4.14. The fourth-order valence-corrected chi connectivity index (χ4v) is 1.82. The van der Waals surface area contributed by atoms with Crippen molar-refractivity contribution in [2.24, 2.45) is 0 Å². The van der Waals surface area contributed by atoms with E-state index in [2.05, 4.69) is 28.5 Å². The lowest BCUT2D eigenvalue weighted by molar-refractivity contribution is 1.24. The molecule has 0 unspecified atom stereocenters. The Labute approximate surface area is 94.0 Å². The van der Waals surface area contributed by atoms with Gasteiger partial charge in [0.15, 0.2) is 0 Å². The minimum atomic E-state index is 0.414. The molecule has 0 aliphatic heterocycles. The van der Waals surface area contributed by atoms with Crippen molar-refractivity contribution in [3.8, 4) is 0 Å². The number of hydrogen-bond donors (Lipinski definition) is 2. The van der Waals surface area contributed by atoms with Crippen LogP contribution in [0.25, 0.3) is 10.9 Å². The van der Waals surface area contributed by atoms with Crippen molar-refractivity contribution < 1.29 is 0 Å². The zero-order chi connectivity index (χ0) is 11.1. The van der Waals surface area contributed by atoms with E-state index in [1.165, 1.54) is 0 Å². The van der Waals surface area contributed by atoms with Gasteiger partial charge in [0, 0.05) is 22.5 Å². The molecule has 3 N–H and O–H groups in total. The second kappa shape index (κ2) is 3.23. The van der Waals surface area contributed by atoms with Crippen molar-refractivity contribution in [3.05, 3.63) is 42.1 Å². The number of nitrogens with two attached hydrogens (primary N) is 1. The molecule has 1 aromatic heterocycles. The number of aromatic nitrogens is 1. The van der Waals surface area contributed by atoms with Crippen LogP contribution in [0.15, 0.2) is 36.4 Å². The molecule has 0 atom stereocenters. The maximum atomic E-state index is 5.99. The van der Waals surface area contributed by atoms with Gasteiger partial charge in [-0.3, -0.25) is 4.98 Å². The van der Waals surface area contributed by atoms with E-state index in [1.54, 1.807) is 0 Å². The van der Waals surface area contributed by atoms with E-state index in [0.29, 0.717) is 6.04 Å². The summed E-state index contributed by atoms with van der Waals surface area (Å²) >= 11 is 0. The Balaban J connectivity index is 2.08. The number of nitrogen functional groups attached to an aromatic ring is 1. The van der Waals surface area contributed by atoms with Gasteiger partial charge in [-0.25, -0.2) is 0 Å². The fraction of sp³-hybridized carbons (Fsp3) is 0.154. The van der Waals surface area contributed by atoms with Crippen molar-refractivity contribution in [3.63, 3.8) is 0 Å². The third-order valence-corrected chi connectivity index (χ3v) is 2.69. The van der Waals surface area contributed by atoms with E-state index in [4.69, 9.17) is 5.73 Å². The van der Waals surface area contributed by atoms with Gasteiger partial charge >= 0.3 is 0 Å². The molecule has 1 aliphatic carbocycles. The topological polar surface area (TPSA) is 50.9 Å². The Bertz CT molecular complexity index is 581. The molecule has 0 saturated heterocycles. The van der Waals surface area contributed by atoms with Crippen LogP contribution in [-0.4, -0.2) is 11.0 Å². The van der Waals surface area contributed by atoms with Gasteiger partial charge in [0.05, 0.1) is 11.6 Å². The second-order valence-electron chi connectivity index (χ2n) is 4.14. The Kier molecular flexibility index (Phi) is 1.86. The van der Waals surface area contributed by atoms with E-state index in [0.717, 1.165) is 28.0 Å². The Morgan fingerprint density at radius 1 is 1.25 bits per heavy atom. The molecule has 0 bridgehead atoms. The van der Waals surface area contributed by atoms with Crippen LogP contribution < -0.4 is 11.1 Å². The molecular formula is C13H13N3. The number of pyridine rings is 1. The molecule has 1 heterocycles. The number of nitrogens with zero attached hydrogens (tertiary/aromatic N) is 1. The molecule has 0 spiro atoms. The molecule has 0 radical (unpaired) electrons. The largest absolute Gasteiger partial charge is 0.398 e. The van der Waals surface area contributed by atoms with Crippen LogP contribution in [0.3, 0.4) is 0 Å². The van der Waals surface area contributed by atoms with Crippen molar-refractivity contribution in [1.29, 1.82) is 0 Å². The Hall–Kier alpha value is -2.03. The number of aryl methyl sites for hydroxylation is 1. The molecule has 1 aliphatic rings. The number of rotatable bonds is 2. The lowest BCUT2D eigenvalue weighted by atomic mass is 10.1. The van der Waals surface area contributed by atoms with Gasteiger partial charge in [-0.1, -0.05) is 12.2 Å². The molecule has 3 rings (SSSR count). The van der Waals surface area contributed by atoms with Crippen molar-refractivity contribution >= 4 is 22.3 Å². The first-order valence-electron chi connectivity index (χ1n) is 5.34. The summed E-state index contributed by atoms with van der Waals surface area (Å²) in [6.45, 7) is 1.95. The standard InChI is InChI=1S/C13H13N3/c1-8-6-12(14)11-7-10(16-9-2-3-9)4-5-13(11)15-8/h2-7,9,16H,1H3,(H2,14,15). The first-order valence-corrected chi connectivity index (χ1v) is 5.34. The third-order valence-electron chi connectivity index (χ3n) is 2.69. The van der Waals surface area contributed by atoms with Crippen LogP contribution in [-0.2, 0) is 0 Å². The van der Waals surface area contributed by atoms with Gasteiger partial charge in [-0.2, -0.15) is 0 Å². The summed E-state index contributed by atoms with van der Waals surface area (Å²) in [6, 6.07) is 8.41. The van der Waals surface area contributed by atoms with Crippen LogP contribution in [0, 0.1) is 6.92 Å². The number of hydrogen-bond acceptors (Lipinski definition) is 3. The van der Waals surface area contributed by atoms with E-state index in [9.17, 15) is 0 Å². The first kappa shape index (κ1) is 9.21. The molecule has 3 heteroatoms. The molecule has 0 fully saturated rings. The predicted octanol–water partition coefficient (Wildman–Crippen LogP) is 2.48. The molecule has 3 nitrogen and oxygen atoms in total. The molecule has 1 aromatic carbocycles. The van der Waals surface area contributed by atoms with Crippen molar-refractivity contribution in [1.82, 2.24) is 4.98 Å². The summed E-state index contributed by atoms with van der Waals surface area (Å²) in [5.41, 5.74) is 9.76. The molecule has 80 valence electrons. The highest BCUT2D eigenvalue weighted by atomic mass is 14.9. The zero-order valence-corrected chi connectivity index (χ0v) is 9.07. The minimum absolute atomic E-state index is 0.414. The summed E-state index contributed by atoms with van der Waals surface area (Å²) in [7, 11) is 0. The number of nitrogens with one attached hydrogen (secondary N) is 1. The van der Waals surface area contributed by atoms with E-state index >= 15 is 0 Å². The number of anilines is 2. The minimum Gasteiger partial charge on any atom is -0.398 e. The number of fused-ring (bicyclic) bond motifs is 1. The average Bonchev–Trinajstić information content (AvgIpc) is 3.03. The zero-order valence-electron chi connectivity index (χ0n) is 9.07. The van der Waals surface area contributed by atoms with Gasteiger partial charge in [-0.05, 0) is 31.2 Å². The number of benzene rings is 1. The lowest BCUT2D eigenvalue weighted by Crippen LogP contribution is -2.02. The highest BCUT2D eigenvalue weighted by Gasteiger charge is 2.10.